The second kappa shape index (κ2) is 9.35. The maximum Gasteiger partial charge on any atom is 0.127 e. The Morgan fingerprint density at radius 2 is 1.34 bits per heavy atom. The first-order chi connectivity index (χ1) is 15.7. The zero-order chi connectivity index (χ0) is 21.9. The lowest BCUT2D eigenvalue weighted by Crippen LogP contribution is -3.27. The normalized spacial score (nSPS) is 18.9. The molecule has 0 saturated carbocycles. The third kappa shape index (κ3) is 4.25. The van der Waals surface area contributed by atoms with E-state index in [1.54, 1.807) is 9.80 Å². The molecule has 0 radical (unpaired) electrons. The lowest BCUT2D eigenvalue weighted by Gasteiger charge is -2.30. The molecule has 0 unspecified atom stereocenters. The van der Waals surface area contributed by atoms with Gasteiger partial charge >= 0.3 is 0 Å². The number of hydrogen-bond donors (Lipinski definition) is 2. The zero-order valence-electron chi connectivity index (χ0n) is 19.4. The van der Waals surface area contributed by atoms with E-state index in [1.165, 1.54) is 59.1 Å². The Morgan fingerprint density at radius 1 is 0.719 bits per heavy atom. The first kappa shape index (κ1) is 21.0. The number of benzene rings is 3. The predicted octanol–water partition coefficient (Wildman–Crippen LogP) is 2.70. The fraction of sp³-hybridized carbons (Fsp3) is 0.357. The van der Waals surface area contributed by atoms with E-state index in [-0.39, 0.29) is 0 Å². The first-order valence-electron chi connectivity index (χ1n) is 12.1. The molecule has 0 aliphatic carbocycles. The highest BCUT2D eigenvalue weighted by Gasteiger charge is 2.23. The van der Waals surface area contributed by atoms with Crippen LogP contribution in [0, 0.1) is 0 Å². The van der Waals surface area contributed by atoms with Crippen LogP contribution in [0.3, 0.4) is 0 Å². The van der Waals surface area contributed by atoms with Gasteiger partial charge in [-0.1, -0.05) is 24.3 Å². The number of aromatic nitrogens is 1. The Balaban J connectivity index is 1.23. The molecular formula is C28H35N3O+2. The second-order valence-corrected chi connectivity index (χ2v) is 9.04. The molecule has 1 aliphatic rings. The van der Waals surface area contributed by atoms with Crippen LogP contribution < -0.4 is 14.5 Å². The summed E-state index contributed by atoms with van der Waals surface area (Å²) in [5.41, 5.74) is 5.57. The van der Waals surface area contributed by atoms with Crippen molar-refractivity contribution < 1.29 is 14.5 Å². The van der Waals surface area contributed by atoms with Gasteiger partial charge in [0.15, 0.2) is 0 Å². The molecular weight excluding hydrogens is 394 g/mol. The standard InChI is InChI=1S/C28H33N3O/c1-3-31-27-8-6-5-7-25(27)26-19-23(11-14-28(26)31)21-30-17-15-29(16-18-30)20-22-9-12-24(13-10-22)32-4-2/h5-14,19H,3-4,15-18,20-21H2,1-2H3/p+2. The van der Waals surface area contributed by atoms with E-state index >= 15 is 0 Å². The predicted molar refractivity (Wildman–Crippen MR) is 132 cm³/mol. The molecule has 4 aromatic rings. The Kier molecular flexibility index (Phi) is 6.15. The van der Waals surface area contributed by atoms with E-state index in [4.69, 9.17) is 4.74 Å². The summed E-state index contributed by atoms with van der Waals surface area (Å²) in [5.74, 6) is 0.972. The molecule has 5 rings (SSSR count). The smallest absolute Gasteiger partial charge is 0.127 e. The number of rotatable bonds is 7. The summed E-state index contributed by atoms with van der Waals surface area (Å²) < 4.78 is 8.00. The van der Waals surface area contributed by atoms with E-state index in [2.05, 4.69) is 78.2 Å². The summed E-state index contributed by atoms with van der Waals surface area (Å²) in [6.45, 7) is 13.2. The Bertz CT molecular complexity index is 1190. The van der Waals surface area contributed by atoms with Crippen molar-refractivity contribution in [3.05, 3.63) is 77.9 Å². The Hall–Kier alpha value is -2.82. The van der Waals surface area contributed by atoms with Gasteiger partial charge in [0.05, 0.1) is 6.61 Å². The minimum absolute atomic E-state index is 0.725. The molecule has 0 spiro atoms. The van der Waals surface area contributed by atoms with Crippen molar-refractivity contribution in [1.82, 2.24) is 4.57 Å². The van der Waals surface area contributed by atoms with Gasteiger partial charge in [0.2, 0.25) is 0 Å². The zero-order valence-corrected chi connectivity index (χ0v) is 19.4. The fourth-order valence-electron chi connectivity index (χ4n) is 5.31. The third-order valence-electron chi connectivity index (χ3n) is 6.96. The van der Waals surface area contributed by atoms with E-state index in [9.17, 15) is 0 Å². The van der Waals surface area contributed by atoms with Crippen molar-refractivity contribution in [3.8, 4) is 5.75 Å². The summed E-state index contributed by atoms with van der Waals surface area (Å²) in [7, 11) is 0. The maximum atomic E-state index is 5.57. The largest absolute Gasteiger partial charge is 0.494 e. The van der Waals surface area contributed by atoms with Gasteiger partial charge < -0.3 is 19.1 Å². The summed E-state index contributed by atoms with van der Waals surface area (Å²) in [6, 6.07) is 24.6. The van der Waals surface area contributed by atoms with Crippen molar-refractivity contribution in [3.63, 3.8) is 0 Å². The van der Waals surface area contributed by atoms with Crippen LogP contribution in [-0.2, 0) is 19.6 Å². The fourth-order valence-corrected chi connectivity index (χ4v) is 5.31. The van der Waals surface area contributed by atoms with Gasteiger partial charge in [0.1, 0.15) is 45.0 Å². The average Bonchev–Trinajstić information content (AvgIpc) is 3.15. The molecule has 166 valence electrons. The third-order valence-corrected chi connectivity index (χ3v) is 6.96. The van der Waals surface area contributed by atoms with Gasteiger partial charge in [0.25, 0.3) is 0 Å². The van der Waals surface area contributed by atoms with E-state index in [1.807, 2.05) is 6.92 Å². The highest BCUT2D eigenvalue weighted by atomic mass is 16.5. The number of nitrogens with zero attached hydrogens (tertiary/aromatic N) is 1. The summed E-state index contributed by atoms with van der Waals surface area (Å²) >= 11 is 0. The molecule has 1 aliphatic heterocycles. The van der Waals surface area contributed by atoms with Gasteiger partial charge in [-0.2, -0.15) is 0 Å². The van der Waals surface area contributed by atoms with Gasteiger partial charge in [-0.3, -0.25) is 0 Å². The number of fused-ring (bicyclic) bond motifs is 3. The van der Waals surface area contributed by atoms with E-state index < -0.39 is 0 Å². The molecule has 0 atom stereocenters. The molecule has 1 saturated heterocycles. The molecule has 2 heterocycles. The van der Waals surface area contributed by atoms with Crippen molar-refractivity contribution >= 4 is 21.8 Å². The van der Waals surface area contributed by atoms with E-state index in [0.717, 1.165) is 32.0 Å². The van der Waals surface area contributed by atoms with Crippen LogP contribution in [0.2, 0.25) is 0 Å². The van der Waals surface area contributed by atoms with Gasteiger partial charge in [-0.15, -0.1) is 0 Å². The molecule has 4 heteroatoms. The van der Waals surface area contributed by atoms with Crippen molar-refractivity contribution in [2.24, 2.45) is 0 Å². The highest BCUT2D eigenvalue weighted by molar-refractivity contribution is 6.08. The van der Waals surface area contributed by atoms with Crippen LogP contribution in [-0.4, -0.2) is 37.4 Å². The molecule has 0 amide bonds. The topological polar surface area (TPSA) is 23.0 Å². The molecule has 1 aromatic heterocycles. The molecule has 0 bridgehead atoms. The molecule has 1 fully saturated rings. The lowest BCUT2D eigenvalue weighted by molar-refractivity contribution is -1.02. The second-order valence-electron chi connectivity index (χ2n) is 9.04. The first-order valence-corrected chi connectivity index (χ1v) is 12.1. The molecule has 3 aromatic carbocycles. The van der Waals surface area contributed by atoms with Crippen molar-refractivity contribution in [2.75, 3.05) is 32.8 Å². The van der Waals surface area contributed by atoms with Crippen LogP contribution in [0.15, 0.2) is 66.7 Å². The van der Waals surface area contributed by atoms with Crippen LogP contribution >= 0.6 is 0 Å². The SMILES string of the molecule is CCOc1ccc(C[NH+]2CC[NH+](Cc3ccc4c(c3)c3ccccc3n4CC)CC2)cc1. The molecule has 4 nitrogen and oxygen atoms in total. The monoisotopic (exact) mass is 429 g/mol. The van der Waals surface area contributed by atoms with Crippen LogP contribution in [0.4, 0.5) is 0 Å². The number of nitrogens with one attached hydrogen (secondary N) is 2. The number of ether oxygens (including phenoxy) is 1. The number of hydrogen-bond acceptors (Lipinski definition) is 1. The van der Waals surface area contributed by atoms with Crippen molar-refractivity contribution in [1.29, 1.82) is 0 Å². The summed E-state index contributed by atoms with van der Waals surface area (Å²) in [6.07, 6.45) is 0. The van der Waals surface area contributed by atoms with Crippen LogP contribution in [0.1, 0.15) is 25.0 Å². The number of aryl methyl sites for hydroxylation is 1. The van der Waals surface area contributed by atoms with Gasteiger partial charge in [-0.25, -0.2) is 0 Å². The number of para-hydroxylation sites is 1. The van der Waals surface area contributed by atoms with E-state index in [0.29, 0.717) is 0 Å². The number of quaternary nitrogens is 2. The average molecular weight is 430 g/mol. The van der Waals surface area contributed by atoms with Crippen LogP contribution in [0.25, 0.3) is 21.8 Å². The highest BCUT2D eigenvalue weighted by Crippen LogP contribution is 2.29. The molecule has 32 heavy (non-hydrogen) atoms. The minimum atomic E-state index is 0.725. The summed E-state index contributed by atoms with van der Waals surface area (Å²) in [4.78, 5) is 3.40. The number of piperazine rings is 1. The lowest BCUT2D eigenvalue weighted by atomic mass is 10.1. The summed E-state index contributed by atoms with van der Waals surface area (Å²) in [5, 5.41) is 2.78. The Labute approximate surface area is 191 Å². The van der Waals surface area contributed by atoms with Crippen LogP contribution in [0.5, 0.6) is 5.75 Å². The van der Waals surface area contributed by atoms with Crippen molar-refractivity contribution in [2.45, 2.75) is 33.5 Å². The molecule has 2 N–H and O–H groups in total. The van der Waals surface area contributed by atoms with Gasteiger partial charge in [-0.05, 0) is 56.3 Å². The quantitative estimate of drug-likeness (QED) is 0.464. The maximum absolute atomic E-state index is 5.57. The van der Waals surface area contributed by atoms with Gasteiger partial charge in [0, 0.05) is 39.5 Å². The Morgan fingerprint density at radius 3 is 2.03 bits per heavy atom. The minimum Gasteiger partial charge on any atom is -0.494 e.